The molecule has 2 aromatic rings. The second-order valence-electron chi connectivity index (χ2n) is 6.66. The van der Waals surface area contributed by atoms with Gasteiger partial charge in [0.1, 0.15) is 5.75 Å². The standard InChI is InChI=1S/C21H23BrN2O4/c1-14-8-9-19(17(22)11-14)28-13-20(25)24-18-7-3-2-6-16(18)21(26)23-12-15-5-4-10-27-15/h2-3,6-9,11,15H,4-5,10,12-13H2,1H3,(H,23,26)(H,24,25). The smallest absolute Gasteiger partial charge is 0.262 e. The summed E-state index contributed by atoms with van der Waals surface area (Å²) < 4.78 is 11.9. The molecule has 1 heterocycles. The summed E-state index contributed by atoms with van der Waals surface area (Å²) in [6.45, 7) is 3.02. The third-order valence-electron chi connectivity index (χ3n) is 4.41. The SMILES string of the molecule is Cc1ccc(OCC(=O)Nc2ccccc2C(=O)NCC2CCCO2)c(Br)c1. The number of amides is 2. The highest BCUT2D eigenvalue weighted by atomic mass is 79.9. The number of halogens is 1. The van der Waals surface area contributed by atoms with Crippen molar-refractivity contribution in [1.82, 2.24) is 5.32 Å². The van der Waals surface area contributed by atoms with Crippen LogP contribution in [0.3, 0.4) is 0 Å². The molecule has 0 aliphatic carbocycles. The van der Waals surface area contributed by atoms with Crippen LogP contribution in [0.5, 0.6) is 5.75 Å². The van der Waals surface area contributed by atoms with E-state index in [0.29, 0.717) is 23.5 Å². The Hall–Kier alpha value is -2.38. The van der Waals surface area contributed by atoms with E-state index in [9.17, 15) is 9.59 Å². The zero-order valence-electron chi connectivity index (χ0n) is 15.7. The molecule has 28 heavy (non-hydrogen) atoms. The quantitative estimate of drug-likeness (QED) is 0.679. The highest BCUT2D eigenvalue weighted by Gasteiger charge is 2.18. The molecule has 0 saturated carbocycles. The molecule has 1 atom stereocenters. The van der Waals surface area contributed by atoms with Crippen molar-refractivity contribution in [3.8, 4) is 5.75 Å². The van der Waals surface area contributed by atoms with Gasteiger partial charge in [-0.2, -0.15) is 0 Å². The lowest BCUT2D eigenvalue weighted by molar-refractivity contribution is -0.118. The van der Waals surface area contributed by atoms with Crippen LogP contribution in [0.15, 0.2) is 46.9 Å². The van der Waals surface area contributed by atoms with Gasteiger partial charge in [0, 0.05) is 13.2 Å². The molecule has 7 heteroatoms. The Kier molecular flexibility index (Phi) is 7.06. The van der Waals surface area contributed by atoms with Crippen molar-refractivity contribution in [3.63, 3.8) is 0 Å². The number of para-hydroxylation sites is 1. The van der Waals surface area contributed by atoms with Gasteiger partial charge in [-0.15, -0.1) is 0 Å². The average Bonchev–Trinajstić information content (AvgIpc) is 3.19. The van der Waals surface area contributed by atoms with Gasteiger partial charge in [0.25, 0.3) is 11.8 Å². The number of aryl methyl sites for hydroxylation is 1. The lowest BCUT2D eigenvalue weighted by Gasteiger charge is -2.14. The molecule has 148 valence electrons. The molecule has 0 aromatic heterocycles. The molecule has 6 nitrogen and oxygen atoms in total. The van der Waals surface area contributed by atoms with E-state index in [1.165, 1.54) is 0 Å². The van der Waals surface area contributed by atoms with E-state index in [-0.39, 0.29) is 24.5 Å². The minimum absolute atomic E-state index is 0.0621. The molecule has 2 aromatic carbocycles. The third-order valence-corrected chi connectivity index (χ3v) is 5.03. The molecule has 3 rings (SSSR count). The number of hydrogen-bond acceptors (Lipinski definition) is 4. The van der Waals surface area contributed by atoms with Crippen LogP contribution in [0, 0.1) is 6.92 Å². The van der Waals surface area contributed by atoms with Crippen LogP contribution in [0.2, 0.25) is 0 Å². The highest BCUT2D eigenvalue weighted by molar-refractivity contribution is 9.10. The number of benzene rings is 2. The Morgan fingerprint density at radius 1 is 1.25 bits per heavy atom. The fourth-order valence-corrected chi connectivity index (χ4v) is 3.56. The predicted molar refractivity (Wildman–Crippen MR) is 111 cm³/mol. The van der Waals surface area contributed by atoms with E-state index in [1.807, 2.05) is 19.1 Å². The van der Waals surface area contributed by atoms with Gasteiger partial charge in [0.05, 0.1) is 21.8 Å². The number of nitrogens with one attached hydrogen (secondary N) is 2. The number of anilines is 1. The Morgan fingerprint density at radius 3 is 2.82 bits per heavy atom. The number of carbonyl (C=O) groups is 2. The summed E-state index contributed by atoms with van der Waals surface area (Å²) in [5, 5.41) is 5.62. The maximum absolute atomic E-state index is 12.5. The zero-order chi connectivity index (χ0) is 19.9. The summed E-state index contributed by atoms with van der Waals surface area (Å²) in [5.41, 5.74) is 1.95. The Labute approximate surface area is 172 Å². The molecule has 1 saturated heterocycles. The molecule has 0 spiro atoms. The summed E-state index contributed by atoms with van der Waals surface area (Å²) in [6, 6.07) is 12.5. The molecule has 1 aliphatic rings. The number of hydrogen-bond donors (Lipinski definition) is 2. The number of carbonyl (C=O) groups excluding carboxylic acids is 2. The first-order valence-electron chi connectivity index (χ1n) is 9.20. The van der Waals surface area contributed by atoms with E-state index in [2.05, 4.69) is 26.6 Å². The molecule has 1 aliphatic heterocycles. The third kappa shape index (κ3) is 5.56. The maximum Gasteiger partial charge on any atom is 0.262 e. The molecule has 1 unspecified atom stereocenters. The fourth-order valence-electron chi connectivity index (χ4n) is 2.95. The lowest BCUT2D eigenvalue weighted by atomic mass is 10.1. The summed E-state index contributed by atoms with van der Waals surface area (Å²) in [5.74, 6) is 0.00351. The summed E-state index contributed by atoms with van der Waals surface area (Å²) in [4.78, 5) is 24.8. The molecule has 1 fully saturated rings. The first kappa shape index (κ1) is 20.4. The highest BCUT2D eigenvalue weighted by Crippen LogP contribution is 2.25. The van der Waals surface area contributed by atoms with Crippen molar-refractivity contribution < 1.29 is 19.1 Å². The van der Waals surface area contributed by atoms with Gasteiger partial charge in [-0.25, -0.2) is 0 Å². The minimum Gasteiger partial charge on any atom is -0.483 e. The van der Waals surface area contributed by atoms with E-state index in [1.54, 1.807) is 30.3 Å². The van der Waals surface area contributed by atoms with Crippen LogP contribution in [0.1, 0.15) is 28.8 Å². The van der Waals surface area contributed by atoms with Crippen LogP contribution in [-0.4, -0.2) is 37.7 Å². The Bertz CT molecular complexity index is 850. The number of ether oxygens (including phenoxy) is 2. The van der Waals surface area contributed by atoms with Crippen molar-refractivity contribution in [2.24, 2.45) is 0 Å². The van der Waals surface area contributed by atoms with Crippen molar-refractivity contribution in [1.29, 1.82) is 0 Å². The average molecular weight is 447 g/mol. The van der Waals surface area contributed by atoms with Gasteiger partial charge in [0.2, 0.25) is 0 Å². The summed E-state index contributed by atoms with van der Waals surface area (Å²) >= 11 is 3.42. The van der Waals surface area contributed by atoms with Crippen LogP contribution in [0.25, 0.3) is 0 Å². The van der Waals surface area contributed by atoms with E-state index < -0.39 is 0 Å². The molecular formula is C21H23BrN2O4. The van der Waals surface area contributed by atoms with Crippen LogP contribution < -0.4 is 15.4 Å². The molecule has 0 radical (unpaired) electrons. The van der Waals surface area contributed by atoms with Crippen molar-refractivity contribution in [2.75, 3.05) is 25.1 Å². The summed E-state index contributed by atoms with van der Waals surface area (Å²) in [7, 11) is 0. The minimum atomic E-state index is -0.341. The fraction of sp³-hybridized carbons (Fsp3) is 0.333. The lowest BCUT2D eigenvalue weighted by Crippen LogP contribution is -2.32. The molecule has 0 bridgehead atoms. The van der Waals surface area contributed by atoms with Gasteiger partial charge >= 0.3 is 0 Å². The molecule has 2 N–H and O–H groups in total. The second-order valence-corrected chi connectivity index (χ2v) is 7.52. The summed E-state index contributed by atoms with van der Waals surface area (Å²) in [6.07, 6.45) is 2.03. The van der Waals surface area contributed by atoms with Crippen LogP contribution in [-0.2, 0) is 9.53 Å². The van der Waals surface area contributed by atoms with Crippen molar-refractivity contribution in [3.05, 3.63) is 58.1 Å². The van der Waals surface area contributed by atoms with Gasteiger partial charge in [-0.1, -0.05) is 18.2 Å². The molecule has 2 amide bonds. The van der Waals surface area contributed by atoms with Crippen LogP contribution in [0.4, 0.5) is 5.69 Å². The van der Waals surface area contributed by atoms with Crippen molar-refractivity contribution in [2.45, 2.75) is 25.9 Å². The van der Waals surface area contributed by atoms with Crippen LogP contribution >= 0.6 is 15.9 Å². The van der Waals surface area contributed by atoms with E-state index in [0.717, 1.165) is 29.5 Å². The van der Waals surface area contributed by atoms with Gasteiger partial charge in [-0.3, -0.25) is 9.59 Å². The number of rotatable bonds is 7. The second kappa shape index (κ2) is 9.71. The largest absolute Gasteiger partial charge is 0.483 e. The monoisotopic (exact) mass is 446 g/mol. The Morgan fingerprint density at radius 2 is 2.07 bits per heavy atom. The predicted octanol–water partition coefficient (Wildman–Crippen LogP) is 3.68. The topological polar surface area (TPSA) is 76.7 Å². The maximum atomic E-state index is 12.5. The van der Waals surface area contributed by atoms with Gasteiger partial charge in [0.15, 0.2) is 6.61 Å². The first-order chi connectivity index (χ1) is 13.5. The van der Waals surface area contributed by atoms with E-state index >= 15 is 0 Å². The van der Waals surface area contributed by atoms with Crippen molar-refractivity contribution >= 4 is 33.4 Å². The first-order valence-corrected chi connectivity index (χ1v) is 10.00. The molecular weight excluding hydrogens is 424 g/mol. The van der Waals surface area contributed by atoms with E-state index in [4.69, 9.17) is 9.47 Å². The Balaban J connectivity index is 1.57. The van der Waals surface area contributed by atoms with Gasteiger partial charge < -0.3 is 20.1 Å². The van der Waals surface area contributed by atoms with Gasteiger partial charge in [-0.05, 0) is 65.5 Å². The zero-order valence-corrected chi connectivity index (χ0v) is 17.3. The normalized spacial score (nSPS) is 15.9.